The largest absolute Gasteiger partial charge is 0.462 e. The fourth-order valence-corrected chi connectivity index (χ4v) is 3.18. The number of ether oxygens (including phenoxy) is 1. The average Bonchev–Trinajstić information content (AvgIpc) is 2.66. The number of pyridine rings is 2. The van der Waals surface area contributed by atoms with Crippen LogP contribution in [0.3, 0.4) is 0 Å². The summed E-state index contributed by atoms with van der Waals surface area (Å²) < 4.78 is 6.44. The second-order valence-corrected chi connectivity index (χ2v) is 6.98. The Morgan fingerprint density at radius 2 is 1.97 bits per heavy atom. The highest BCUT2D eigenvalue weighted by Gasteiger charge is 2.19. The Labute approximate surface area is 172 Å². The van der Waals surface area contributed by atoms with E-state index in [4.69, 9.17) is 16.3 Å². The Kier molecular flexibility index (Phi) is 5.98. The van der Waals surface area contributed by atoms with E-state index in [9.17, 15) is 14.4 Å². The second kappa shape index (κ2) is 8.45. The summed E-state index contributed by atoms with van der Waals surface area (Å²) in [6.07, 6.45) is 1.31. The molecule has 0 fully saturated rings. The minimum absolute atomic E-state index is 0.134. The number of fused-ring (bicyclic) bond motifs is 1. The summed E-state index contributed by atoms with van der Waals surface area (Å²) in [5.74, 6) is -1.12. The van der Waals surface area contributed by atoms with Crippen LogP contribution in [0.15, 0.2) is 41.3 Å². The topological polar surface area (TPSA) is 90.3 Å². The number of carbonyl (C=O) groups excluding carboxylic acids is 2. The molecule has 8 heteroatoms. The lowest BCUT2D eigenvalue weighted by molar-refractivity contribution is -0.116. The molecular formula is C21H20ClN3O4. The first-order valence-corrected chi connectivity index (χ1v) is 9.42. The van der Waals surface area contributed by atoms with Gasteiger partial charge in [0.05, 0.1) is 22.7 Å². The minimum atomic E-state index is -0.740. The number of aromatic nitrogens is 2. The molecule has 0 saturated heterocycles. The van der Waals surface area contributed by atoms with Crippen molar-refractivity contribution < 1.29 is 14.3 Å². The van der Waals surface area contributed by atoms with E-state index in [1.165, 1.54) is 10.8 Å². The summed E-state index contributed by atoms with van der Waals surface area (Å²) in [5, 5.41) is 3.40. The van der Waals surface area contributed by atoms with Crippen LogP contribution in [-0.4, -0.2) is 28.0 Å². The van der Waals surface area contributed by atoms with Gasteiger partial charge in [0, 0.05) is 11.9 Å². The van der Waals surface area contributed by atoms with Gasteiger partial charge in [-0.05, 0) is 50.6 Å². The number of esters is 1. The normalized spacial score (nSPS) is 10.8. The Morgan fingerprint density at radius 1 is 1.21 bits per heavy atom. The molecule has 0 saturated carbocycles. The van der Waals surface area contributed by atoms with Gasteiger partial charge in [-0.25, -0.2) is 9.78 Å². The fourth-order valence-electron chi connectivity index (χ4n) is 2.90. The van der Waals surface area contributed by atoms with Crippen LogP contribution >= 0.6 is 11.6 Å². The number of anilines is 1. The molecule has 150 valence electrons. The first-order valence-electron chi connectivity index (χ1n) is 9.04. The number of amides is 1. The molecule has 0 spiro atoms. The number of hydrogen-bond acceptors (Lipinski definition) is 5. The molecule has 0 radical (unpaired) electrons. The molecule has 0 unspecified atom stereocenters. The molecule has 1 aromatic carbocycles. The summed E-state index contributed by atoms with van der Waals surface area (Å²) in [7, 11) is 0. The predicted molar refractivity (Wildman–Crippen MR) is 112 cm³/mol. The Morgan fingerprint density at radius 3 is 2.66 bits per heavy atom. The molecule has 7 nitrogen and oxygen atoms in total. The fraction of sp³-hybridized carbons (Fsp3) is 0.238. The number of nitrogens with zero attached hydrogens (tertiary/aromatic N) is 2. The molecule has 2 aromatic heterocycles. The van der Waals surface area contributed by atoms with Crippen molar-refractivity contribution in [3.8, 4) is 0 Å². The first-order chi connectivity index (χ1) is 13.8. The van der Waals surface area contributed by atoms with Crippen molar-refractivity contribution in [2.75, 3.05) is 11.9 Å². The van der Waals surface area contributed by atoms with Gasteiger partial charge >= 0.3 is 5.97 Å². The number of benzene rings is 1. The van der Waals surface area contributed by atoms with E-state index in [0.717, 1.165) is 5.56 Å². The Hall–Kier alpha value is -3.19. The van der Waals surface area contributed by atoms with Crippen molar-refractivity contribution >= 4 is 40.2 Å². The van der Waals surface area contributed by atoms with Gasteiger partial charge in [0.15, 0.2) is 0 Å². The Balaban J connectivity index is 2.01. The van der Waals surface area contributed by atoms with Crippen molar-refractivity contribution in [1.82, 2.24) is 9.55 Å². The maximum atomic E-state index is 12.7. The number of aryl methyl sites for hydroxylation is 2. The summed E-state index contributed by atoms with van der Waals surface area (Å²) in [4.78, 5) is 41.9. The minimum Gasteiger partial charge on any atom is -0.462 e. The third-order valence-corrected chi connectivity index (χ3v) is 4.58. The number of rotatable bonds is 5. The van der Waals surface area contributed by atoms with Crippen molar-refractivity contribution in [3.63, 3.8) is 0 Å². The van der Waals surface area contributed by atoms with E-state index in [1.807, 2.05) is 13.0 Å². The van der Waals surface area contributed by atoms with E-state index in [-0.39, 0.29) is 30.0 Å². The van der Waals surface area contributed by atoms with Gasteiger partial charge in [0.25, 0.3) is 0 Å². The van der Waals surface area contributed by atoms with Gasteiger partial charge in [-0.2, -0.15) is 0 Å². The SMILES string of the molecule is CCOC(=O)c1cn(CC(=O)Nc2ccc(C)cc2Cl)c2nc(C)ccc2c1=O. The zero-order valence-electron chi connectivity index (χ0n) is 16.3. The molecule has 2 heterocycles. The molecule has 0 aliphatic heterocycles. The van der Waals surface area contributed by atoms with Gasteiger partial charge in [0.1, 0.15) is 17.8 Å². The molecular weight excluding hydrogens is 394 g/mol. The van der Waals surface area contributed by atoms with Crippen LogP contribution in [0.2, 0.25) is 5.02 Å². The molecule has 29 heavy (non-hydrogen) atoms. The standard InChI is InChI=1S/C21H20ClN3O4/c1-4-29-21(28)15-10-25(20-14(19(15)27)7-6-13(3)23-20)11-18(26)24-17-8-5-12(2)9-16(17)22/h5-10H,4,11H2,1-3H3,(H,24,26). The lowest BCUT2D eigenvalue weighted by atomic mass is 10.2. The monoisotopic (exact) mass is 413 g/mol. The lowest BCUT2D eigenvalue weighted by Gasteiger charge is -2.13. The first kappa shape index (κ1) is 20.5. The van der Waals surface area contributed by atoms with E-state index in [2.05, 4.69) is 10.3 Å². The van der Waals surface area contributed by atoms with Crippen LogP contribution in [0.1, 0.15) is 28.5 Å². The zero-order valence-corrected chi connectivity index (χ0v) is 17.0. The number of carbonyl (C=O) groups is 2. The highest BCUT2D eigenvalue weighted by molar-refractivity contribution is 6.33. The smallest absolute Gasteiger partial charge is 0.343 e. The van der Waals surface area contributed by atoms with Crippen molar-refractivity contribution in [3.05, 3.63) is 68.6 Å². The molecule has 0 bridgehead atoms. The molecule has 1 amide bonds. The van der Waals surface area contributed by atoms with Crippen LogP contribution in [0, 0.1) is 13.8 Å². The van der Waals surface area contributed by atoms with Gasteiger partial charge in [-0.1, -0.05) is 17.7 Å². The average molecular weight is 414 g/mol. The lowest BCUT2D eigenvalue weighted by Crippen LogP contribution is -2.25. The Bertz CT molecular complexity index is 1170. The van der Waals surface area contributed by atoms with Gasteiger partial charge in [-0.3, -0.25) is 9.59 Å². The third kappa shape index (κ3) is 4.46. The van der Waals surface area contributed by atoms with Gasteiger partial charge in [0.2, 0.25) is 11.3 Å². The van der Waals surface area contributed by atoms with Crippen LogP contribution in [-0.2, 0) is 16.1 Å². The third-order valence-electron chi connectivity index (χ3n) is 4.27. The van der Waals surface area contributed by atoms with E-state index in [1.54, 1.807) is 38.1 Å². The second-order valence-electron chi connectivity index (χ2n) is 6.58. The highest BCUT2D eigenvalue weighted by atomic mass is 35.5. The van der Waals surface area contributed by atoms with Gasteiger partial charge in [-0.15, -0.1) is 0 Å². The van der Waals surface area contributed by atoms with Crippen molar-refractivity contribution in [1.29, 1.82) is 0 Å². The van der Waals surface area contributed by atoms with Crippen LogP contribution in [0.5, 0.6) is 0 Å². The van der Waals surface area contributed by atoms with Crippen molar-refractivity contribution in [2.45, 2.75) is 27.3 Å². The van der Waals surface area contributed by atoms with E-state index < -0.39 is 11.4 Å². The molecule has 3 rings (SSSR count). The summed E-state index contributed by atoms with van der Waals surface area (Å²) in [5.41, 5.74) is 1.81. The highest BCUT2D eigenvalue weighted by Crippen LogP contribution is 2.23. The molecule has 0 aliphatic carbocycles. The summed E-state index contributed by atoms with van der Waals surface area (Å²) in [6.45, 7) is 5.30. The molecule has 0 aliphatic rings. The molecule has 3 aromatic rings. The quantitative estimate of drug-likeness (QED) is 0.646. The maximum absolute atomic E-state index is 12.7. The summed E-state index contributed by atoms with van der Waals surface area (Å²) >= 11 is 6.18. The van der Waals surface area contributed by atoms with E-state index >= 15 is 0 Å². The van der Waals surface area contributed by atoms with Crippen LogP contribution < -0.4 is 10.7 Å². The van der Waals surface area contributed by atoms with E-state index in [0.29, 0.717) is 22.1 Å². The maximum Gasteiger partial charge on any atom is 0.343 e. The number of hydrogen-bond donors (Lipinski definition) is 1. The summed E-state index contributed by atoms with van der Waals surface area (Å²) in [6, 6.07) is 8.56. The molecule has 0 atom stereocenters. The number of nitrogens with one attached hydrogen (secondary N) is 1. The van der Waals surface area contributed by atoms with Crippen molar-refractivity contribution in [2.24, 2.45) is 0 Å². The van der Waals surface area contributed by atoms with Crippen LogP contribution in [0.25, 0.3) is 11.0 Å². The van der Waals surface area contributed by atoms with Crippen LogP contribution in [0.4, 0.5) is 5.69 Å². The zero-order chi connectivity index (χ0) is 21.1. The van der Waals surface area contributed by atoms with Gasteiger partial charge < -0.3 is 14.6 Å². The predicted octanol–water partition coefficient (Wildman–Crippen LogP) is 3.48. The number of halogens is 1. The molecule has 1 N–H and O–H groups in total.